The lowest BCUT2D eigenvalue weighted by atomic mass is 9.56. The highest BCUT2D eigenvalue weighted by molar-refractivity contribution is 6.53. The van der Waals surface area contributed by atoms with Crippen molar-refractivity contribution in [3.05, 3.63) is 90.0 Å². The molecule has 0 bridgehead atoms. The van der Waals surface area contributed by atoms with Crippen LogP contribution in [-0.4, -0.2) is 50.4 Å². The highest BCUT2D eigenvalue weighted by atomic mass is 35.5. The molecule has 2 saturated heterocycles. The fraction of sp³-hybridized carbons (Fsp3) is 0.273. The zero-order valence-electron chi connectivity index (χ0n) is 22.6. The quantitative estimate of drug-likeness (QED) is 0.247. The molecule has 212 valence electrons. The van der Waals surface area contributed by atoms with Gasteiger partial charge < -0.3 is 5.11 Å². The van der Waals surface area contributed by atoms with Crippen LogP contribution in [0.5, 0.6) is 5.75 Å². The van der Waals surface area contributed by atoms with Crippen LogP contribution in [0.15, 0.2) is 78.9 Å². The van der Waals surface area contributed by atoms with Crippen LogP contribution in [0.2, 0.25) is 0 Å². The Morgan fingerprint density at radius 1 is 0.929 bits per heavy atom. The molecule has 3 aromatic rings. The van der Waals surface area contributed by atoms with Gasteiger partial charge in [0, 0.05) is 23.9 Å². The van der Waals surface area contributed by atoms with Crippen molar-refractivity contribution in [3.63, 3.8) is 0 Å². The van der Waals surface area contributed by atoms with Crippen LogP contribution in [0.25, 0.3) is 16.8 Å². The zero-order chi connectivity index (χ0) is 29.7. The summed E-state index contributed by atoms with van der Waals surface area (Å²) >= 11 is 14.5. The lowest BCUT2D eigenvalue weighted by Crippen LogP contribution is -2.60. The molecule has 1 N–H and O–H groups in total. The molecule has 0 radical (unpaired) electrons. The number of rotatable bonds is 3. The Morgan fingerprint density at radius 3 is 2.36 bits per heavy atom. The number of likely N-dealkylation sites (tertiary alicyclic amines) is 1. The molecule has 1 saturated carbocycles. The molecule has 4 amide bonds. The van der Waals surface area contributed by atoms with Gasteiger partial charge in [0.05, 0.1) is 17.5 Å². The first-order valence-corrected chi connectivity index (χ1v) is 14.5. The summed E-state index contributed by atoms with van der Waals surface area (Å²) < 4.78 is 0. The summed E-state index contributed by atoms with van der Waals surface area (Å²) in [6, 6.07) is 17.7. The lowest BCUT2D eigenvalue weighted by molar-refractivity contribution is -0.138. The topological polar surface area (TPSA) is 95.0 Å². The molecule has 4 aliphatic rings. The van der Waals surface area contributed by atoms with E-state index in [4.69, 9.17) is 23.2 Å². The van der Waals surface area contributed by atoms with Gasteiger partial charge in [0.15, 0.2) is 9.75 Å². The number of fused-ring (bicyclic) bond motifs is 5. The van der Waals surface area contributed by atoms with E-state index >= 15 is 0 Å². The highest BCUT2D eigenvalue weighted by Gasteiger charge is 2.76. The van der Waals surface area contributed by atoms with Gasteiger partial charge in [-0.1, -0.05) is 72.8 Å². The fourth-order valence-corrected chi connectivity index (χ4v) is 8.62. The predicted molar refractivity (Wildman–Crippen MR) is 160 cm³/mol. The van der Waals surface area contributed by atoms with E-state index in [0.717, 1.165) is 15.8 Å². The molecule has 6 unspecified atom stereocenters. The second kappa shape index (κ2) is 9.03. The van der Waals surface area contributed by atoms with Gasteiger partial charge in [0.25, 0.3) is 11.8 Å². The molecule has 0 aromatic heterocycles. The molecular weight excluding hydrogens is 575 g/mol. The number of phenolic OH excluding ortho intramolecular Hbond substituents is 1. The molecule has 42 heavy (non-hydrogen) atoms. The van der Waals surface area contributed by atoms with Gasteiger partial charge in [-0.2, -0.15) is 0 Å². The molecule has 2 aliphatic carbocycles. The van der Waals surface area contributed by atoms with E-state index in [9.17, 15) is 24.3 Å². The molecule has 3 fully saturated rings. The van der Waals surface area contributed by atoms with E-state index in [2.05, 4.69) is 6.58 Å². The number of carbonyl (C=O) groups excluding carboxylic acids is 4. The van der Waals surface area contributed by atoms with E-state index in [1.807, 2.05) is 24.3 Å². The third-order valence-electron chi connectivity index (χ3n) is 9.64. The minimum absolute atomic E-state index is 0.0756. The van der Waals surface area contributed by atoms with Gasteiger partial charge in [-0.05, 0) is 41.8 Å². The van der Waals surface area contributed by atoms with E-state index in [-0.39, 0.29) is 30.4 Å². The number of phenols is 1. The molecule has 9 heteroatoms. The number of nitrogens with zero attached hydrogens (tertiary/aromatic N) is 2. The van der Waals surface area contributed by atoms with Crippen molar-refractivity contribution in [2.24, 2.45) is 17.8 Å². The normalized spacial score (nSPS) is 32.1. The van der Waals surface area contributed by atoms with Crippen LogP contribution in [0.3, 0.4) is 0 Å². The monoisotopic (exact) mass is 600 g/mol. The number of aromatic hydroxyl groups is 1. The number of allylic oxidation sites excluding steroid dienone is 2. The molecule has 7 rings (SSSR count). The number of benzene rings is 3. The van der Waals surface area contributed by atoms with E-state index < -0.39 is 45.2 Å². The zero-order valence-corrected chi connectivity index (χ0v) is 24.1. The van der Waals surface area contributed by atoms with E-state index in [1.165, 1.54) is 11.9 Å². The Kier molecular flexibility index (Phi) is 5.79. The van der Waals surface area contributed by atoms with Crippen LogP contribution < -0.4 is 4.90 Å². The third-order valence-corrected chi connectivity index (χ3v) is 11.1. The number of amides is 4. The van der Waals surface area contributed by atoms with Crippen molar-refractivity contribution < 1.29 is 24.3 Å². The highest BCUT2D eigenvalue weighted by Crippen LogP contribution is 2.66. The molecule has 2 aliphatic heterocycles. The largest absolute Gasteiger partial charge is 0.507 e. The summed E-state index contributed by atoms with van der Waals surface area (Å²) in [6.45, 7) is 3.75. The maximum absolute atomic E-state index is 14.1. The van der Waals surface area contributed by atoms with Crippen LogP contribution in [0.4, 0.5) is 5.69 Å². The first kappa shape index (κ1) is 26.9. The number of hydrogen-bond acceptors (Lipinski definition) is 5. The van der Waals surface area contributed by atoms with Crippen LogP contribution in [-0.2, 0) is 19.2 Å². The second-order valence-corrected chi connectivity index (χ2v) is 12.8. The number of anilines is 1. The van der Waals surface area contributed by atoms with Crippen LogP contribution in [0.1, 0.15) is 29.9 Å². The summed E-state index contributed by atoms with van der Waals surface area (Å²) in [4.78, 5) is 53.5. The second-order valence-electron chi connectivity index (χ2n) is 11.5. The lowest BCUT2D eigenvalue weighted by Gasteiger charge is -2.50. The average molecular weight is 601 g/mol. The fourth-order valence-electron chi connectivity index (χ4n) is 7.61. The minimum atomic E-state index is -1.96. The Morgan fingerprint density at radius 2 is 1.64 bits per heavy atom. The molecule has 2 heterocycles. The standard InChI is InChI=1S/C33H26Cl2N2O5/c1-3-17-8-11-19(12-9-17)37-28(39)22-15-14-21-24(25(22)29(37)40)16-32(34)30(41)36(2)31(42)33(32,35)26(21)23-13-10-18-6-4-5-7-20(18)27(23)38/h3-14,22,24-26,38H,1,15-16H2,2H3. The average Bonchev–Trinajstić information content (AvgIpc) is 3.33. The van der Waals surface area contributed by atoms with Crippen molar-refractivity contribution in [3.8, 4) is 5.75 Å². The number of imide groups is 2. The van der Waals surface area contributed by atoms with Crippen molar-refractivity contribution in [2.45, 2.75) is 28.5 Å². The SMILES string of the molecule is C=Cc1ccc(N2C(=O)C3CC=C4C(CC5(Cl)C(=O)N(C)C(=O)C5(Cl)C4c4ccc5ccccc5c4O)C3C2=O)cc1. The summed E-state index contributed by atoms with van der Waals surface area (Å²) in [5.41, 5.74) is 2.27. The van der Waals surface area contributed by atoms with E-state index in [1.54, 1.807) is 48.5 Å². The van der Waals surface area contributed by atoms with E-state index in [0.29, 0.717) is 22.2 Å². The van der Waals surface area contributed by atoms with Gasteiger partial charge in [-0.25, -0.2) is 0 Å². The van der Waals surface area contributed by atoms with Gasteiger partial charge in [-0.15, -0.1) is 23.2 Å². The number of alkyl halides is 2. The van der Waals surface area contributed by atoms with Crippen molar-refractivity contribution in [1.29, 1.82) is 0 Å². The van der Waals surface area contributed by atoms with Gasteiger partial charge in [-0.3, -0.25) is 29.0 Å². The molecule has 3 aromatic carbocycles. The maximum atomic E-state index is 14.1. The number of hydrogen-bond donors (Lipinski definition) is 1. The molecule has 6 atom stereocenters. The Bertz CT molecular complexity index is 1780. The maximum Gasteiger partial charge on any atom is 0.253 e. The summed E-state index contributed by atoms with van der Waals surface area (Å²) in [7, 11) is 1.34. The van der Waals surface area contributed by atoms with Crippen molar-refractivity contribution >= 4 is 69.4 Å². The van der Waals surface area contributed by atoms with Gasteiger partial charge in [0.2, 0.25) is 11.8 Å². The Balaban J connectivity index is 1.41. The van der Waals surface area contributed by atoms with Gasteiger partial charge in [0.1, 0.15) is 5.75 Å². The smallest absolute Gasteiger partial charge is 0.253 e. The number of carbonyl (C=O) groups is 4. The predicted octanol–water partition coefficient (Wildman–Crippen LogP) is 5.38. The number of halogens is 2. The molecular formula is C33H26Cl2N2O5. The minimum Gasteiger partial charge on any atom is -0.507 e. The Hall–Kier alpha value is -3.94. The first-order valence-electron chi connectivity index (χ1n) is 13.8. The van der Waals surface area contributed by atoms with Crippen molar-refractivity contribution in [1.82, 2.24) is 4.90 Å². The Labute approximate surface area is 252 Å². The molecule has 0 spiro atoms. The van der Waals surface area contributed by atoms with Crippen LogP contribution >= 0.6 is 23.2 Å². The third kappa shape index (κ3) is 3.23. The van der Waals surface area contributed by atoms with Crippen molar-refractivity contribution in [2.75, 3.05) is 11.9 Å². The molecule has 7 nitrogen and oxygen atoms in total. The van der Waals surface area contributed by atoms with Gasteiger partial charge >= 0.3 is 0 Å². The summed E-state index contributed by atoms with van der Waals surface area (Å²) in [6.07, 6.45) is 3.67. The van der Waals surface area contributed by atoms with Crippen LogP contribution in [0, 0.1) is 17.8 Å². The first-order chi connectivity index (χ1) is 20.0. The summed E-state index contributed by atoms with van der Waals surface area (Å²) in [5, 5.41) is 12.9. The summed E-state index contributed by atoms with van der Waals surface area (Å²) in [5.74, 6) is -5.28.